The van der Waals surface area contributed by atoms with Crippen LogP contribution < -0.4 is 0 Å². The molecule has 1 heterocycles. The van der Waals surface area contributed by atoms with E-state index in [0.29, 0.717) is 0 Å². The third-order valence-electron chi connectivity index (χ3n) is 4.73. The number of nitrogens with zero attached hydrogens (tertiary/aromatic N) is 2. The Morgan fingerprint density at radius 1 is 0.826 bits per heavy atom. The fourth-order valence-corrected chi connectivity index (χ4v) is 3.85. The Morgan fingerprint density at radius 3 is 2.22 bits per heavy atom. The van der Waals surface area contributed by atoms with Gasteiger partial charge in [-0.05, 0) is 40.5 Å². The third-order valence-corrected chi connectivity index (χ3v) is 4.73. The summed E-state index contributed by atoms with van der Waals surface area (Å²) >= 11 is 0. The second kappa shape index (κ2) is 4.79. The number of fused-ring (bicyclic) bond motifs is 3. The van der Waals surface area contributed by atoms with Gasteiger partial charge in [0.2, 0.25) is 0 Å². The Balaban J connectivity index is 2.08. The molecule has 0 bridgehead atoms. The van der Waals surface area contributed by atoms with E-state index in [1.807, 2.05) is 36.5 Å². The highest BCUT2D eigenvalue weighted by Crippen LogP contribution is 2.52. The zero-order chi connectivity index (χ0) is 16.0. The molecule has 2 heteroatoms. The van der Waals surface area contributed by atoms with E-state index in [0.717, 1.165) is 22.4 Å². The molecule has 1 aromatic heterocycles. The lowest BCUT2D eigenvalue weighted by Crippen LogP contribution is -2.18. The first-order chi connectivity index (χ1) is 11.1. The Bertz CT molecular complexity index is 947. The summed E-state index contributed by atoms with van der Waals surface area (Å²) in [4.78, 5) is 4.53. The molecule has 2 nitrogen and oxygen atoms in total. The molecule has 1 aliphatic carbocycles. The van der Waals surface area contributed by atoms with E-state index < -0.39 is 0 Å². The van der Waals surface area contributed by atoms with Gasteiger partial charge in [0.05, 0.1) is 17.3 Å². The third kappa shape index (κ3) is 1.83. The second-order valence-electron chi connectivity index (χ2n) is 6.41. The molecule has 0 aliphatic heterocycles. The van der Waals surface area contributed by atoms with E-state index in [1.165, 1.54) is 16.7 Å². The zero-order valence-corrected chi connectivity index (χ0v) is 13.2. The van der Waals surface area contributed by atoms with E-state index >= 15 is 0 Å². The maximum atomic E-state index is 9.54. The van der Waals surface area contributed by atoms with Gasteiger partial charge < -0.3 is 0 Å². The van der Waals surface area contributed by atoms with Gasteiger partial charge in [-0.1, -0.05) is 50.2 Å². The average molecular weight is 296 g/mol. The van der Waals surface area contributed by atoms with Crippen LogP contribution in [0.3, 0.4) is 0 Å². The molecule has 110 valence electrons. The number of hydrogen-bond donors (Lipinski definition) is 0. The van der Waals surface area contributed by atoms with Crippen molar-refractivity contribution >= 4 is 0 Å². The van der Waals surface area contributed by atoms with Crippen LogP contribution in [0.2, 0.25) is 0 Å². The highest BCUT2D eigenvalue weighted by Gasteiger charge is 2.39. The van der Waals surface area contributed by atoms with Crippen molar-refractivity contribution in [2.75, 3.05) is 0 Å². The van der Waals surface area contributed by atoms with Gasteiger partial charge in [0.1, 0.15) is 0 Å². The van der Waals surface area contributed by atoms with E-state index in [4.69, 9.17) is 0 Å². The summed E-state index contributed by atoms with van der Waals surface area (Å²) in [7, 11) is 0. The number of nitriles is 1. The SMILES string of the molecule is CC1(C)c2c(C#N)cccc2-c2cccc(-c3ccccn3)c21. The number of rotatable bonds is 1. The van der Waals surface area contributed by atoms with Crippen LogP contribution in [0.4, 0.5) is 0 Å². The summed E-state index contributed by atoms with van der Waals surface area (Å²) in [6.07, 6.45) is 1.82. The van der Waals surface area contributed by atoms with Crippen molar-refractivity contribution in [1.82, 2.24) is 4.98 Å². The van der Waals surface area contributed by atoms with Gasteiger partial charge in [-0.25, -0.2) is 0 Å². The summed E-state index contributed by atoms with van der Waals surface area (Å²) in [6.45, 7) is 4.40. The summed E-state index contributed by atoms with van der Waals surface area (Å²) in [5.74, 6) is 0. The number of aromatic nitrogens is 1. The average Bonchev–Trinajstić information content (AvgIpc) is 2.84. The molecule has 3 aromatic rings. The van der Waals surface area contributed by atoms with E-state index in [1.54, 1.807) is 0 Å². The first-order valence-electron chi connectivity index (χ1n) is 7.73. The quantitative estimate of drug-likeness (QED) is 0.638. The maximum Gasteiger partial charge on any atom is 0.0995 e. The van der Waals surface area contributed by atoms with Crippen LogP contribution in [0.25, 0.3) is 22.4 Å². The second-order valence-corrected chi connectivity index (χ2v) is 6.41. The molecule has 0 unspecified atom stereocenters. The molecule has 0 atom stereocenters. The molecule has 0 amide bonds. The standard InChI is InChI=1S/C21H16N2/c1-21(2)19-14(13-22)7-5-8-15(19)16-9-6-10-17(20(16)21)18-11-3-4-12-23-18/h3-12H,1-2H3. The summed E-state index contributed by atoms with van der Waals surface area (Å²) in [5.41, 5.74) is 7.43. The molecule has 2 aromatic carbocycles. The van der Waals surface area contributed by atoms with Crippen molar-refractivity contribution < 1.29 is 0 Å². The highest BCUT2D eigenvalue weighted by molar-refractivity contribution is 5.88. The first-order valence-corrected chi connectivity index (χ1v) is 7.73. The van der Waals surface area contributed by atoms with Crippen LogP contribution in [-0.2, 0) is 5.41 Å². The molecular formula is C21H16N2. The van der Waals surface area contributed by atoms with Crippen molar-refractivity contribution in [3.63, 3.8) is 0 Å². The fourth-order valence-electron chi connectivity index (χ4n) is 3.85. The predicted octanol–water partition coefficient (Wildman–Crippen LogP) is 4.93. The molecule has 1 aliphatic rings. The Morgan fingerprint density at radius 2 is 1.52 bits per heavy atom. The number of hydrogen-bond acceptors (Lipinski definition) is 2. The molecule has 23 heavy (non-hydrogen) atoms. The van der Waals surface area contributed by atoms with Gasteiger partial charge >= 0.3 is 0 Å². The lowest BCUT2D eigenvalue weighted by atomic mass is 9.78. The first kappa shape index (κ1) is 13.7. The minimum Gasteiger partial charge on any atom is -0.256 e. The van der Waals surface area contributed by atoms with Gasteiger partial charge in [-0.15, -0.1) is 0 Å². The Kier molecular flexibility index (Phi) is 2.86. The van der Waals surface area contributed by atoms with Crippen molar-refractivity contribution in [3.05, 3.63) is 77.5 Å². The minimum absolute atomic E-state index is 0.217. The normalized spacial score (nSPS) is 14.0. The molecule has 0 saturated heterocycles. The van der Waals surface area contributed by atoms with Crippen LogP contribution in [0, 0.1) is 11.3 Å². The topological polar surface area (TPSA) is 36.7 Å². The van der Waals surface area contributed by atoms with E-state index in [2.05, 4.69) is 49.2 Å². The minimum atomic E-state index is -0.217. The number of pyridine rings is 1. The molecule has 0 fully saturated rings. The van der Waals surface area contributed by atoms with Gasteiger partial charge in [0, 0.05) is 17.2 Å². The van der Waals surface area contributed by atoms with Crippen LogP contribution in [0.5, 0.6) is 0 Å². The molecule has 4 rings (SSSR count). The largest absolute Gasteiger partial charge is 0.256 e. The van der Waals surface area contributed by atoms with Crippen LogP contribution >= 0.6 is 0 Å². The highest BCUT2D eigenvalue weighted by atomic mass is 14.7. The Labute approximate surface area is 136 Å². The lowest BCUT2D eigenvalue weighted by Gasteiger charge is -2.24. The molecule has 0 N–H and O–H groups in total. The Hall–Kier alpha value is -2.92. The van der Waals surface area contributed by atoms with Crippen LogP contribution in [0.1, 0.15) is 30.5 Å². The predicted molar refractivity (Wildman–Crippen MR) is 92.0 cm³/mol. The monoisotopic (exact) mass is 296 g/mol. The molecular weight excluding hydrogens is 280 g/mol. The molecule has 0 radical (unpaired) electrons. The smallest absolute Gasteiger partial charge is 0.0995 e. The van der Waals surface area contributed by atoms with E-state index in [-0.39, 0.29) is 5.41 Å². The summed E-state index contributed by atoms with van der Waals surface area (Å²) < 4.78 is 0. The zero-order valence-electron chi connectivity index (χ0n) is 13.2. The molecule has 0 spiro atoms. The van der Waals surface area contributed by atoms with Gasteiger partial charge in [-0.3, -0.25) is 4.98 Å². The fraction of sp³-hybridized carbons (Fsp3) is 0.143. The van der Waals surface area contributed by atoms with Crippen molar-refractivity contribution in [3.8, 4) is 28.5 Å². The van der Waals surface area contributed by atoms with Crippen LogP contribution in [-0.4, -0.2) is 4.98 Å². The van der Waals surface area contributed by atoms with Crippen molar-refractivity contribution in [2.45, 2.75) is 19.3 Å². The summed E-state index contributed by atoms with van der Waals surface area (Å²) in [6, 6.07) is 20.7. The van der Waals surface area contributed by atoms with Crippen LogP contribution in [0.15, 0.2) is 60.8 Å². The van der Waals surface area contributed by atoms with Gasteiger partial charge in [0.25, 0.3) is 0 Å². The lowest BCUT2D eigenvalue weighted by molar-refractivity contribution is 0.660. The van der Waals surface area contributed by atoms with Gasteiger partial charge in [0.15, 0.2) is 0 Å². The van der Waals surface area contributed by atoms with Crippen molar-refractivity contribution in [1.29, 1.82) is 5.26 Å². The summed E-state index contributed by atoms with van der Waals surface area (Å²) in [5, 5.41) is 9.54. The van der Waals surface area contributed by atoms with Gasteiger partial charge in [-0.2, -0.15) is 5.26 Å². The maximum absolute atomic E-state index is 9.54. The molecule has 0 saturated carbocycles. The van der Waals surface area contributed by atoms with Crippen molar-refractivity contribution in [2.24, 2.45) is 0 Å². The van der Waals surface area contributed by atoms with E-state index in [9.17, 15) is 5.26 Å². The number of benzene rings is 2.